The third-order valence-corrected chi connectivity index (χ3v) is 15.1. The third kappa shape index (κ3) is 4.50. The highest BCUT2D eigenvalue weighted by molar-refractivity contribution is 7.95. The van der Waals surface area contributed by atoms with Crippen molar-refractivity contribution in [3.63, 3.8) is 0 Å². The van der Waals surface area contributed by atoms with E-state index in [2.05, 4.69) is 4.90 Å². The minimum atomic E-state index is -3.39. The predicted octanol–water partition coefficient (Wildman–Crippen LogP) is 5.78. The van der Waals surface area contributed by atoms with E-state index in [0.29, 0.717) is 0 Å². The fourth-order valence-corrected chi connectivity index (χ4v) is 14.2. The topological polar surface area (TPSA) is 37.4 Å². The second-order valence-corrected chi connectivity index (χ2v) is 15.2. The maximum absolute atomic E-state index is 15.8. The first-order valence-electron chi connectivity index (χ1n) is 12.3. The molecule has 0 radical (unpaired) electrons. The molecule has 0 aromatic heterocycles. The molecule has 4 aromatic rings. The molecule has 1 saturated heterocycles. The Hall–Kier alpha value is -2.70. The minimum Gasteiger partial charge on any atom is -0.311 e. The average Bonchev–Trinajstić information content (AvgIpc) is 2.95. The summed E-state index contributed by atoms with van der Waals surface area (Å²) in [5.41, 5.74) is -0.662. The molecule has 0 atom stereocenters. The van der Waals surface area contributed by atoms with Gasteiger partial charge in [-0.15, -0.1) is 0 Å². The van der Waals surface area contributed by atoms with Gasteiger partial charge in [-0.2, -0.15) is 0 Å². The summed E-state index contributed by atoms with van der Waals surface area (Å²) in [4.78, 5) is 2.28. The van der Waals surface area contributed by atoms with Gasteiger partial charge < -0.3 is 9.13 Å². The van der Waals surface area contributed by atoms with E-state index in [0.717, 1.165) is 53.6 Å². The molecule has 0 spiro atoms. The van der Waals surface area contributed by atoms with Gasteiger partial charge in [0.05, 0.1) is 0 Å². The van der Waals surface area contributed by atoms with E-state index in [1.165, 1.54) is 0 Å². The summed E-state index contributed by atoms with van der Waals surface area (Å²) in [6.45, 7) is 1.58. The molecule has 0 amide bonds. The van der Waals surface area contributed by atoms with Crippen LogP contribution in [0.15, 0.2) is 121 Å². The monoisotopic (exact) mass is 499 g/mol. The van der Waals surface area contributed by atoms with E-state index in [1.54, 1.807) is 0 Å². The predicted molar refractivity (Wildman–Crippen MR) is 149 cm³/mol. The summed E-state index contributed by atoms with van der Waals surface area (Å²) in [6, 6.07) is 38.9. The van der Waals surface area contributed by atoms with Crippen molar-refractivity contribution in [2.75, 3.05) is 13.1 Å². The van der Waals surface area contributed by atoms with Gasteiger partial charge in [0.2, 0.25) is 0 Å². The zero-order valence-corrected chi connectivity index (χ0v) is 21.6. The molecule has 35 heavy (non-hydrogen) atoms. The van der Waals surface area contributed by atoms with Crippen LogP contribution in [0.3, 0.4) is 0 Å². The molecule has 5 rings (SSSR count). The molecule has 5 heteroatoms. The number of benzene rings is 4. The van der Waals surface area contributed by atoms with Crippen molar-refractivity contribution in [2.24, 2.45) is 0 Å². The zero-order chi connectivity index (χ0) is 24.1. The third-order valence-electron chi connectivity index (χ3n) is 6.93. The van der Waals surface area contributed by atoms with Gasteiger partial charge in [-0.1, -0.05) is 128 Å². The zero-order valence-electron chi connectivity index (χ0n) is 19.8. The molecule has 0 N–H and O–H groups in total. The lowest BCUT2D eigenvalue weighted by Crippen LogP contribution is -2.46. The maximum atomic E-state index is 15.8. The summed E-state index contributed by atoms with van der Waals surface area (Å²) in [5, 5.41) is 3.03. The molecule has 1 fully saturated rings. The number of rotatable bonds is 7. The number of piperidine rings is 1. The van der Waals surface area contributed by atoms with Gasteiger partial charge in [0.25, 0.3) is 0 Å². The Bertz CT molecular complexity index is 1140. The maximum Gasteiger partial charge on any atom is 0.167 e. The second-order valence-electron chi connectivity index (χ2n) is 9.10. The van der Waals surface area contributed by atoms with Crippen LogP contribution in [0, 0.1) is 0 Å². The van der Waals surface area contributed by atoms with Gasteiger partial charge in [-0.3, -0.25) is 4.90 Å². The molecule has 4 aromatic carbocycles. The highest BCUT2D eigenvalue weighted by Crippen LogP contribution is 2.67. The smallest absolute Gasteiger partial charge is 0.167 e. The van der Waals surface area contributed by atoms with Crippen LogP contribution in [0.25, 0.3) is 0 Å². The molecule has 1 aliphatic heterocycles. The van der Waals surface area contributed by atoms with Crippen molar-refractivity contribution in [1.29, 1.82) is 0 Å². The second kappa shape index (κ2) is 10.5. The van der Waals surface area contributed by atoms with E-state index in [1.807, 2.05) is 121 Å². The van der Waals surface area contributed by atoms with Crippen LogP contribution in [0.4, 0.5) is 0 Å². The van der Waals surface area contributed by atoms with E-state index >= 15 is 9.13 Å². The standard InChI is InChI=1S/C30H31NO2P2/c32-34(26-16-6-1-7-17-26,27-18-8-2-9-19-27)30(31-24-14-5-15-25-31)35(33,28-20-10-3-11-21-28)29-22-12-4-13-23-29/h1-4,6-13,16-23,30H,5,14-15,24-25H2. The Morgan fingerprint density at radius 2 is 0.743 bits per heavy atom. The fourth-order valence-electron chi connectivity index (χ4n) is 5.27. The van der Waals surface area contributed by atoms with E-state index in [-0.39, 0.29) is 0 Å². The first kappa shape index (κ1) is 24.0. The largest absolute Gasteiger partial charge is 0.311 e. The van der Waals surface area contributed by atoms with E-state index in [4.69, 9.17) is 0 Å². The summed E-state index contributed by atoms with van der Waals surface area (Å²) < 4.78 is 31.6. The molecule has 1 heterocycles. The Kier molecular flexibility index (Phi) is 7.21. The van der Waals surface area contributed by atoms with Crippen LogP contribution in [0.5, 0.6) is 0 Å². The Labute approximate surface area is 208 Å². The molecule has 0 bridgehead atoms. The van der Waals surface area contributed by atoms with Crippen molar-refractivity contribution in [2.45, 2.75) is 24.8 Å². The first-order chi connectivity index (χ1) is 17.1. The van der Waals surface area contributed by atoms with Crippen molar-refractivity contribution in [3.8, 4) is 0 Å². The van der Waals surface area contributed by atoms with Gasteiger partial charge in [0.15, 0.2) is 14.3 Å². The molecular formula is C30H31NO2P2. The minimum absolute atomic E-state index is 0.662. The fraction of sp³-hybridized carbons (Fsp3) is 0.200. The van der Waals surface area contributed by atoms with Gasteiger partial charge in [0.1, 0.15) is 5.52 Å². The van der Waals surface area contributed by atoms with Crippen LogP contribution in [-0.2, 0) is 9.13 Å². The van der Waals surface area contributed by atoms with E-state index < -0.39 is 19.8 Å². The Morgan fingerprint density at radius 1 is 0.457 bits per heavy atom. The molecule has 0 aliphatic carbocycles. The molecular weight excluding hydrogens is 468 g/mol. The van der Waals surface area contributed by atoms with Crippen LogP contribution >= 0.6 is 14.3 Å². The highest BCUT2D eigenvalue weighted by atomic mass is 31.2. The number of likely N-dealkylation sites (tertiary alicyclic amines) is 1. The average molecular weight is 500 g/mol. The lowest BCUT2D eigenvalue weighted by Gasteiger charge is -2.43. The van der Waals surface area contributed by atoms with Crippen LogP contribution in [0.1, 0.15) is 19.3 Å². The quantitative estimate of drug-likeness (QED) is 0.303. The normalized spacial score (nSPS) is 15.2. The summed E-state index contributed by atoms with van der Waals surface area (Å²) >= 11 is 0. The molecule has 3 nitrogen and oxygen atoms in total. The highest BCUT2D eigenvalue weighted by Gasteiger charge is 2.52. The van der Waals surface area contributed by atoms with E-state index in [9.17, 15) is 0 Å². The lowest BCUT2D eigenvalue weighted by atomic mass is 10.1. The summed E-state index contributed by atoms with van der Waals surface area (Å²) in [6.07, 6.45) is 3.18. The SMILES string of the molecule is O=P(c1ccccc1)(c1ccccc1)C(N1CCCCC1)P(=O)(c1ccccc1)c1ccccc1. The molecule has 0 saturated carbocycles. The molecule has 0 unspecified atom stereocenters. The van der Waals surface area contributed by atoms with Crippen molar-refractivity contribution in [3.05, 3.63) is 121 Å². The Balaban J connectivity index is 1.86. The number of hydrogen-bond donors (Lipinski definition) is 0. The Morgan fingerprint density at radius 3 is 1.03 bits per heavy atom. The van der Waals surface area contributed by atoms with Crippen molar-refractivity contribution < 1.29 is 9.13 Å². The van der Waals surface area contributed by atoms with Crippen LogP contribution in [-0.4, -0.2) is 23.5 Å². The van der Waals surface area contributed by atoms with Gasteiger partial charge >= 0.3 is 0 Å². The van der Waals surface area contributed by atoms with Crippen LogP contribution < -0.4 is 21.2 Å². The summed E-state index contributed by atoms with van der Waals surface area (Å²) in [5.74, 6) is 0. The van der Waals surface area contributed by atoms with Crippen LogP contribution in [0.2, 0.25) is 0 Å². The first-order valence-corrected chi connectivity index (χ1v) is 15.9. The van der Waals surface area contributed by atoms with Crippen molar-refractivity contribution in [1.82, 2.24) is 4.90 Å². The van der Waals surface area contributed by atoms with Crippen molar-refractivity contribution >= 4 is 35.5 Å². The molecule has 178 valence electrons. The molecule has 1 aliphatic rings. The number of hydrogen-bond acceptors (Lipinski definition) is 3. The van der Waals surface area contributed by atoms with Gasteiger partial charge in [-0.25, -0.2) is 0 Å². The lowest BCUT2D eigenvalue weighted by molar-refractivity contribution is 0.242. The number of nitrogens with zero attached hydrogens (tertiary/aromatic N) is 1. The van der Waals surface area contributed by atoms with Gasteiger partial charge in [0, 0.05) is 21.2 Å². The summed E-state index contributed by atoms with van der Waals surface area (Å²) in [7, 11) is -6.78. The van der Waals surface area contributed by atoms with Gasteiger partial charge in [-0.05, 0) is 25.9 Å².